The Morgan fingerprint density at radius 1 is 1.32 bits per heavy atom. The molecule has 19 heavy (non-hydrogen) atoms. The van der Waals surface area contributed by atoms with Crippen molar-refractivity contribution >= 4 is 17.6 Å². The molecule has 0 saturated carbocycles. The van der Waals surface area contributed by atoms with Gasteiger partial charge < -0.3 is 9.84 Å². The van der Waals surface area contributed by atoms with E-state index in [1.54, 1.807) is 12.1 Å². The molecule has 0 spiro atoms. The van der Waals surface area contributed by atoms with Crippen LogP contribution in [-0.2, 0) is 0 Å². The van der Waals surface area contributed by atoms with Gasteiger partial charge in [-0.05, 0) is 43.2 Å². The van der Waals surface area contributed by atoms with Gasteiger partial charge in [0.05, 0.1) is 6.20 Å². The van der Waals surface area contributed by atoms with E-state index in [1.165, 1.54) is 12.3 Å². The number of nitrogens with zero attached hydrogens (tertiary/aromatic N) is 2. The molecule has 0 aliphatic carbocycles. The van der Waals surface area contributed by atoms with E-state index in [2.05, 4.69) is 10.2 Å². The van der Waals surface area contributed by atoms with Gasteiger partial charge in [0.1, 0.15) is 11.3 Å². The van der Waals surface area contributed by atoms with Crippen molar-refractivity contribution in [1.82, 2.24) is 10.2 Å². The molecule has 1 aromatic heterocycles. The zero-order valence-corrected chi connectivity index (χ0v) is 11.1. The average Bonchev–Trinajstić information content (AvgIpc) is 2.36. The third-order valence-corrected chi connectivity index (χ3v) is 3.14. The highest BCUT2D eigenvalue weighted by atomic mass is 35.5. The number of aromatic carboxylic acids is 1. The smallest absolute Gasteiger partial charge is 0.341 e. The lowest BCUT2D eigenvalue weighted by Gasteiger charge is -2.09. The van der Waals surface area contributed by atoms with Gasteiger partial charge in [0, 0.05) is 5.02 Å². The lowest BCUT2D eigenvalue weighted by atomic mass is 10.1. The summed E-state index contributed by atoms with van der Waals surface area (Å²) in [6, 6.07) is 4.77. The van der Waals surface area contributed by atoms with Gasteiger partial charge in [-0.15, -0.1) is 5.10 Å². The first-order chi connectivity index (χ1) is 8.99. The summed E-state index contributed by atoms with van der Waals surface area (Å²) in [7, 11) is 0. The summed E-state index contributed by atoms with van der Waals surface area (Å²) in [6.07, 6.45) is 1.30. The second-order valence-corrected chi connectivity index (χ2v) is 4.41. The standard InChI is InChI=1S/C13H11ClN2O3/c1-7-5-9(6-8(2)11(7)14)19-12-10(13(17)18)3-4-15-16-12/h3-6H,1-2H3,(H,17,18). The van der Waals surface area contributed by atoms with Crippen LogP contribution in [0.15, 0.2) is 24.4 Å². The van der Waals surface area contributed by atoms with Crippen molar-refractivity contribution in [2.45, 2.75) is 13.8 Å². The molecule has 0 aliphatic heterocycles. The minimum Gasteiger partial charge on any atom is -0.477 e. The molecule has 0 fully saturated rings. The Morgan fingerprint density at radius 3 is 2.53 bits per heavy atom. The van der Waals surface area contributed by atoms with Gasteiger partial charge in [0.15, 0.2) is 0 Å². The Morgan fingerprint density at radius 2 is 1.95 bits per heavy atom. The molecule has 1 aromatic carbocycles. The van der Waals surface area contributed by atoms with Crippen molar-refractivity contribution in [2.24, 2.45) is 0 Å². The van der Waals surface area contributed by atoms with Crippen LogP contribution in [0.5, 0.6) is 11.6 Å². The molecule has 0 atom stereocenters. The fourth-order valence-corrected chi connectivity index (χ4v) is 1.74. The monoisotopic (exact) mass is 278 g/mol. The average molecular weight is 279 g/mol. The maximum atomic E-state index is 11.0. The van der Waals surface area contributed by atoms with Gasteiger partial charge in [-0.25, -0.2) is 4.79 Å². The molecule has 0 bridgehead atoms. The van der Waals surface area contributed by atoms with Crippen molar-refractivity contribution < 1.29 is 14.6 Å². The molecule has 0 amide bonds. The van der Waals surface area contributed by atoms with E-state index >= 15 is 0 Å². The molecule has 0 radical (unpaired) electrons. The van der Waals surface area contributed by atoms with Gasteiger partial charge in [0.2, 0.25) is 0 Å². The number of carbonyl (C=O) groups is 1. The first kappa shape index (κ1) is 13.3. The van der Waals surface area contributed by atoms with Crippen LogP contribution in [0.2, 0.25) is 5.02 Å². The van der Waals surface area contributed by atoms with E-state index in [4.69, 9.17) is 21.4 Å². The molecule has 2 aromatic rings. The number of benzene rings is 1. The minimum absolute atomic E-state index is 0.0414. The van der Waals surface area contributed by atoms with Crippen LogP contribution in [0.4, 0.5) is 0 Å². The second kappa shape index (κ2) is 5.24. The first-order valence-electron chi connectivity index (χ1n) is 5.48. The van der Waals surface area contributed by atoms with Crippen LogP contribution >= 0.6 is 11.6 Å². The number of aryl methyl sites for hydroxylation is 2. The highest BCUT2D eigenvalue weighted by Crippen LogP contribution is 2.29. The van der Waals surface area contributed by atoms with Gasteiger partial charge in [0.25, 0.3) is 5.88 Å². The summed E-state index contributed by atoms with van der Waals surface area (Å²) in [5.74, 6) is -0.689. The molecular weight excluding hydrogens is 268 g/mol. The Balaban J connectivity index is 2.39. The maximum absolute atomic E-state index is 11.0. The molecule has 0 unspecified atom stereocenters. The topological polar surface area (TPSA) is 72.3 Å². The molecule has 98 valence electrons. The Labute approximate surface area is 114 Å². The lowest BCUT2D eigenvalue weighted by Crippen LogP contribution is -2.03. The van der Waals surface area contributed by atoms with Gasteiger partial charge in [-0.1, -0.05) is 11.6 Å². The van der Waals surface area contributed by atoms with Crippen LogP contribution in [0.1, 0.15) is 21.5 Å². The molecule has 6 heteroatoms. The zero-order chi connectivity index (χ0) is 14.0. The number of carboxylic acids is 1. The van der Waals surface area contributed by atoms with Crippen LogP contribution in [0, 0.1) is 13.8 Å². The fourth-order valence-electron chi connectivity index (χ4n) is 1.63. The van der Waals surface area contributed by atoms with Crippen molar-refractivity contribution in [3.8, 4) is 11.6 Å². The minimum atomic E-state index is -1.12. The molecule has 0 saturated heterocycles. The van der Waals surface area contributed by atoms with Crippen LogP contribution < -0.4 is 4.74 Å². The van der Waals surface area contributed by atoms with Gasteiger partial charge in [-0.2, -0.15) is 5.10 Å². The number of rotatable bonds is 3. The summed E-state index contributed by atoms with van der Waals surface area (Å²) in [6.45, 7) is 3.69. The largest absolute Gasteiger partial charge is 0.477 e. The van der Waals surface area contributed by atoms with Crippen molar-refractivity contribution in [3.05, 3.63) is 46.1 Å². The molecule has 2 rings (SSSR count). The van der Waals surface area contributed by atoms with E-state index in [0.29, 0.717) is 10.8 Å². The van der Waals surface area contributed by atoms with Crippen molar-refractivity contribution in [3.63, 3.8) is 0 Å². The van der Waals surface area contributed by atoms with E-state index in [1.807, 2.05) is 13.8 Å². The quantitative estimate of drug-likeness (QED) is 0.933. The number of hydrogen-bond acceptors (Lipinski definition) is 4. The van der Waals surface area contributed by atoms with Crippen molar-refractivity contribution in [2.75, 3.05) is 0 Å². The molecular formula is C13H11ClN2O3. The summed E-state index contributed by atoms with van der Waals surface area (Å²) >= 11 is 6.06. The Kier molecular flexibility index (Phi) is 3.66. The Hall–Kier alpha value is -2.14. The third-order valence-electron chi connectivity index (χ3n) is 2.54. The number of aromatic nitrogens is 2. The predicted octanol–water partition coefficient (Wildman–Crippen LogP) is 3.24. The number of ether oxygens (including phenoxy) is 1. The zero-order valence-electron chi connectivity index (χ0n) is 10.3. The van der Waals surface area contributed by atoms with E-state index < -0.39 is 5.97 Å². The van der Waals surface area contributed by atoms with E-state index in [9.17, 15) is 4.79 Å². The highest BCUT2D eigenvalue weighted by Gasteiger charge is 2.14. The Bertz CT molecular complexity index is 621. The lowest BCUT2D eigenvalue weighted by molar-refractivity contribution is 0.0693. The number of hydrogen-bond donors (Lipinski definition) is 1. The molecule has 1 N–H and O–H groups in total. The van der Waals surface area contributed by atoms with Gasteiger partial charge >= 0.3 is 5.97 Å². The predicted molar refractivity (Wildman–Crippen MR) is 70.0 cm³/mol. The number of carboxylic acid groups (broad SMARTS) is 1. The summed E-state index contributed by atoms with van der Waals surface area (Å²) in [5, 5.41) is 17.0. The molecule has 1 heterocycles. The third kappa shape index (κ3) is 2.82. The highest BCUT2D eigenvalue weighted by molar-refractivity contribution is 6.32. The molecule has 5 nitrogen and oxygen atoms in total. The summed E-state index contributed by atoms with van der Waals surface area (Å²) < 4.78 is 5.47. The maximum Gasteiger partial charge on any atom is 0.341 e. The molecule has 0 aliphatic rings. The number of halogens is 1. The van der Waals surface area contributed by atoms with Crippen LogP contribution in [0.25, 0.3) is 0 Å². The summed E-state index contributed by atoms with van der Waals surface area (Å²) in [4.78, 5) is 11.0. The van der Waals surface area contributed by atoms with Crippen molar-refractivity contribution in [1.29, 1.82) is 0 Å². The SMILES string of the molecule is Cc1cc(Oc2nnccc2C(=O)O)cc(C)c1Cl. The first-order valence-corrected chi connectivity index (χ1v) is 5.86. The van der Waals surface area contributed by atoms with Crippen LogP contribution in [0.3, 0.4) is 0 Å². The summed E-state index contributed by atoms with van der Waals surface area (Å²) in [5.41, 5.74) is 1.65. The second-order valence-electron chi connectivity index (χ2n) is 4.03. The van der Waals surface area contributed by atoms with E-state index in [-0.39, 0.29) is 11.4 Å². The van der Waals surface area contributed by atoms with Gasteiger partial charge in [-0.3, -0.25) is 0 Å². The van der Waals surface area contributed by atoms with Crippen LogP contribution in [-0.4, -0.2) is 21.3 Å². The normalized spacial score (nSPS) is 10.3. The van der Waals surface area contributed by atoms with E-state index in [0.717, 1.165) is 11.1 Å². The fraction of sp³-hybridized carbons (Fsp3) is 0.154.